The number of fused-ring (bicyclic) bond motifs is 2. The van der Waals surface area contributed by atoms with Gasteiger partial charge in [0, 0.05) is 55.2 Å². The Labute approximate surface area is 381 Å². The molecule has 0 spiro atoms. The first-order valence-electron chi connectivity index (χ1n) is 23.1. The van der Waals surface area contributed by atoms with Gasteiger partial charge >= 0.3 is 0 Å². The van der Waals surface area contributed by atoms with E-state index in [2.05, 4.69) is 18.7 Å². The Morgan fingerprint density at radius 1 is 1.00 bits per heavy atom. The highest BCUT2D eigenvalue weighted by Gasteiger charge is 2.65. The molecule has 1 saturated carbocycles. The first kappa shape index (κ1) is 47.8. The summed E-state index contributed by atoms with van der Waals surface area (Å²) in [4.78, 5) is 23.1. The fraction of sp³-hybridized carbons (Fsp3) is 0.510. The van der Waals surface area contributed by atoms with E-state index in [4.69, 9.17) is 33.7 Å². The Morgan fingerprint density at radius 2 is 1.80 bits per heavy atom. The van der Waals surface area contributed by atoms with Gasteiger partial charge in [0.1, 0.15) is 30.0 Å². The van der Waals surface area contributed by atoms with Crippen molar-refractivity contribution in [2.75, 3.05) is 52.8 Å². The molecule has 3 N–H and O–H groups in total. The van der Waals surface area contributed by atoms with Crippen LogP contribution in [0.1, 0.15) is 97.2 Å². The van der Waals surface area contributed by atoms with Crippen LogP contribution in [-0.2, 0) is 25.7 Å². The number of rotatable bonds is 23. The van der Waals surface area contributed by atoms with Gasteiger partial charge in [0.05, 0.1) is 56.3 Å². The van der Waals surface area contributed by atoms with Crippen molar-refractivity contribution in [1.29, 1.82) is 5.26 Å². The number of unbranched alkanes of at least 4 members (excludes halogenated alkanes) is 2. The van der Waals surface area contributed by atoms with E-state index < -0.39 is 24.0 Å². The van der Waals surface area contributed by atoms with E-state index in [1.54, 1.807) is 59.5 Å². The van der Waals surface area contributed by atoms with Crippen molar-refractivity contribution in [3.05, 3.63) is 119 Å². The topological polar surface area (TPSA) is 173 Å². The Balaban J connectivity index is 1.43. The monoisotopic (exact) mass is 895 g/mol. The van der Waals surface area contributed by atoms with E-state index in [0.29, 0.717) is 59.8 Å². The van der Waals surface area contributed by atoms with Gasteiger partial charge < -0.3 is 48.7 Å². The molecule has 1 amide bonds. The summed E-state index contributed by atoms with van der Waals surface area (Å²) in [6.07, 6.45) is 10.3. The largest absolute Gasteiger partial charge is 0.489 e. The van der Waals surface area contributed by atoms with Gasteiger partial charge in [-0.15, -0.1) is 6.58 Å². The zero-order chi connectivity index (χ0) is 45.6. The molecule has 65 heavy (non-hydrogen) atoms. The van der Waals surface area contributed by atoms with Gasteiger partial charge in [0.15, 0.2) is 0 Å². The van der Waals surface area contributed by atoms with Crippen LogP contribution in [-0.4, -0.2) is 103 Å². The summed E-state index contributed by atoms with van der Waals surface area (Å²) in [5, 5.41) is 44.1. The van der Waals surface area contributed by atoms with E-state index in [-0.39, 0.29) is 88.7 Å². The number of carbonyl (C=O) groups excluding carboxylic acids is 1. The predicted octanol–water partition coefficient (Wildman–Crippen LogP) is 7.59. The van der Waals surface area contributed by atoms with Crippen LogP contribution in [0.25, 0.3) is 0 Å². The quantitative estimate of drug-likeness (QED) is 0.0487. The molecule has 2 aliphatic carbocycles. The molecule has 2 aliphatic heterocycles. The zero-order valence-electron chi connectivity index (χ0n) is 37.0. The lowest BCUT2D eigenvalue weighted by atomic mass is 9.55. The van der Waals surface area contributed by atoms with Crippen LogP contribution in [0.4, 0.5) is 4.39 Å². The molecule has 0 radical (unpaired) electrons. The number of amides is 1. The fourth-order valence-electron chi connectivity index (χ4n) is 10.0. The highest BCUT2D eigenvalue weighted by Crippen LogP contribution is 2.62. The fourth-order valence-corrected chi connectivity index (χ4v) is 10.0. The molecule has 1 unspecified atom stereocenters. The number of benzene rings is 3. The Bertz CT molecular complexity index is 2150. The van der Waals surface area contributed by atoms with E-state index in [9.17, 15) is 25.0 Å². The number of ether oxygens (including phenoxy) is 5. The molecular weight excluding hydrogens is 834 g/mol. The van der Waals surface area contributed by atoms with Crippen molar-refractivity contribution in [1.82, 2.24) is 4.90 Å². The summed E-state index contributed by atoms with van der Waals surface area (Å²) in [6, 6.07) is 19.9. The van der Waals surface area contributed by atoms with Crippen molar-refractivity contribution >= 4 is 11.6 Å². The van der Waals surface area contributed by atoms with Crippen LogP contribution in [0.5, 0.6) is 11.5 Å². The summed E-state index contributed by atoms with van der Waals surface area (Å²) < 4.78 is 47.4. The highest BCUT2D eigenvalue weighted by atomic mass is 19.1. The molecule has 0 aromatic heterocycles. The number of oxime groups is 1. The number of aliphatic hydroxyl groups excluding tert-OH is 3. The number of nitrogens with zero attached hydrogens (tertiary/aromatic N) is 3. The molecule has 3 aromatic carbocycles. The van der Waals surface area contributed by atoms with Crippen LogP contribution in [0.3, 0.4) is 0 Å². The molecule has 1 saturated heterocycles. The van der Waals surface area contributed by atoms with Crippen molar-refractivity contribution < 1.29 is 53.0 Å². The summed E-state index contributed by atoms with van der Waals surface area (Å²) in [6.45, 7) is 4.81. The van der Waals surface area contributed by atoms with Crippen molar-refractivity contribution in [3.8, 4) is 17.6 Å². The van der Waals surface area contributed by atoms with Gasteiger partial charge in [-0.1, -0.05) is 48.3 Å². The molecule has 7 atom stereocenters. The average Bonchev–Trinajstić information content (AvgIpc) is 3.34. The lowest BCUT2D eigenvalue weighted by Gasteiger charge is -2.60. The minimum Gasteiger partial charge on any atom is -0.489 e. The minimum atomic E-state index is -1.54. The zero-order valence-corrected chi connectivity index (χ0v) is 37.0. The van der Waals surface area contributed by atoms with E-state index >= 15 is 4.79 Å². The third-order valence-corrected chi connectivity index (χ3v) is 13.0. The smallest absolute Gasteiger partial charge is 0.254 e. The first-order valence-corrected chi connectivity index (χ1v) is 23.1. The molecule has 2 fully saturated rings. The third-order valence-electron chi connectivity index (χ3n) is 13.0. The number of nitriles is 1. The lowest BCUT2D eigenvalue weighted by molar-refractivity contribution is -0.255. The van der Waals surface area contributed by atoms with E-state index in [1.807, 2.05) is 12.1 Å². The van der Waals surface area contributed by atoms with Gasteiger partial charge in [-0.2, -0.15) is 5.26 Å². The standard InChI is InChI=1S/C51H62FN3O10/c1-2-26-63-51-46(55(22-28-60-29-25-58)50(59)36-18-16-35(33-53)17-19-36)32-44(54-65-47-15-7-10-27-61-47)41-30-37(11-5-8-23-56)40(13-6-9-24-57)48(49(41)51)42-31-39(20-21-45(42)64-51)62-34-38-12-3-4-14-43(38)52/h2-4,12,14,16-21,30-31,37,40,46-49,56-58H,1,5-11,13,15,22-29,32,34H2/t37-,40+,46-,47?,48+,49+,51+/m0/s1. The average molecular weight is 896 g/mol. The minimum absolute atomic E-state index is 0.00141. The number of allylic oxidation sites excluding steroid dienone is 1. The molecule has 348 valence electrons. The summed E-state index contributed by atoms with van der Waals surface area (Å²) in [5.41, 5.74) is 3.51. The number of carbonyl (C=O) groups is 1. The Hall–Kier alpha value is -5.14. The molecule has 7 rings (SSSR count). The van der Waals surface area contributed by atoms with Crippen LogP contribution >= 0.6 is 0 Å². The second-order valence-electron chi connectivity index (χ2n) is 17.1. The number of aliphatic hydroxyl groups is 3. The van der Waals surface area contributed by atoms with E-state index in [0.717, 1.165) is 49.7 Å². The maximum absolute atomic E-state index is 15.1. The van der Waals surface area contributed by atoms with Gasteiger partial charge in [-0.3, -0.25) is 4.79 Å². The Kier molecular flexibility index (Phi) is 17.2. The van der Waals surface area contributed by atoms with Crippen LogP contribution in [0.2, 0.25) is 0 Å². The van der Waals surface area contributed by atoms with Crippen molar-refractivity contribution in [2.24, 2.45) is 22.9 Å². The van der Waals surface area contributed by atoms with Crippen molar-refractivity contribution in [2.45, 2.75) is 94.9 Å². The number of halogens is 1. The highest BCUT2D eigenvalue weighted by molar-refractivity contribution is 6.03. The summed E-state index contributed by atoms with van der Waals surface area (Å²) >= 11 is 0. The number of hydrogen-bond donors (Lipinski definition) is 3. The summed E-state index contributed by atoms with van der Waals surface area (Å²) in [5.74, 6) is -2.15. The van der Waals surface area contributed by atoms with Crippen LogP contribution in [0, 0.1) is 34.9 Å². The van der Waals surface area contributed by atoms with Crippen LogP contribution < -0.4 is 9.47 Å². The second-order valence-corrected chi connectivity index (χ2v) is 17.1. The molecule has 14 heteroatoms. The molecule has 4 aliphatic rings. The molecular formula is C51H62FN3O10. The number of hydrogen-bond acceptors (Lipinski definition) is 12. The third kappa shape index (κ3) is 11.1. The van der Waals surface area contributed by atoms with E-state index in [1.165, 1.54) is 6.07 Å². The second kappa shape index (κ2) is 23.4. The molecule has 3 aromatic rings. The lowest BCUT2D eigenvalue weighted by Crippen LogP contribution is -2.70. The maximum Gasteiger partial charge on any atom is 0.254 e. The Morgan fingerprint density at radius 3 is 2.52 bits per heavy atom. The van der Waals surface area contributed by atoms with Gasteiger partial charge in [-0.05, 0) is 104 Å². The molecule has 0 bridgehead atoms. The van der Waals surface area contributed by atoms with Crippen LogP contribution in [0.15, 0.2) is 96.2 Å². The molecule has 2 heterocycles. The van der Waals surface area contributed by atoms with Gasteiger partial charge in [0.25, 0.3) is 5.91 Å². The van der Waals surface area contributed by atoms with Gasteiger partial charge in [-0.25, -0.2) is 4.39 Å². The normalized spacial score (nSPS) is 25.0. The van der Waals surface area contributed by atoms with Crippen molar-refractivity contribution in [3.63, 3.8) is 0 Å². The maximum atomic E-state index is 15.1. The SMILES string of the molecule is C=CCO[C@@]12Oc3ccc(OCc4ccccc4F)cc3[C@H]3[C@H](CCCCO)[C@@H](CCCCO)C=C(C(=NOC4CCCCO4)C[C@@H]1N(CCOCCO)C(=O)c1ccc(C#N)cc1)[C@H]32. The first-order chi connectivity index (χ1) is 31.8. The predicted molar refractivity (Wildman–Crippen MR) is 240 cm³/mol. The molecule has 13 nitrogen and oxygen atoms in total. The summed E-state index contributed by atoms with van der Waals surface area (Å²) in [7, 11) is 0. The van der Waals surface area contributed by atoms with Gasteiger partial charge in [0.2, 0.25) is 12.1 Å².